The van der Waals surface area contributed by atoms with Crippen LogP contribution >= 0.6 is 11.6 Å². The highest BCUT2D eigenvalue weighted by Gasteiger charge is 2.24. The van der Waals surface area contributed by atoms with Crippen LogP contribution < -0.4 is 4.74 Å². The first-order valence-electron chi connectivity index (χ1n) is 10.2. The number of hydrogen-bond acceptors (Lipinski definition) is 3. The molecule has 1 saturated heterocycles. The first kappa shape index (κ1) is 19.8. The Balaban J connectivity index is 1.47. The van der Waals surface area contributed by atoms with Crippen LogP contribution in [0.1, 0.15) is 25.1 Å². The number of alkyl halides is 1. The molecule has 0 radical (unpaired) electrons. The molecule has 1 fully saturated rings. The second kappa shape index (κ2) is 9.31. The molecule has 0 spiro atoms. The topological polar surface area (TPSA) is 47.4 Å². The van der Waals surface area contributed by atoms with Gasteiger partial charge in [0.1, 0.15) is 18.2 Å². The van der Waals surface area contributed by atoms with Gasteiger partial charge in [-0.1, -0.05) is 30.3 Å². The smallest absolute Gasteiger partial charge is 0.223 e. The quantitative estimate of drug-likeness (QED) is 0.538. The highest BCUT2D eigenvalue weighted by atomic mass is 35.5. The number of imidazole rings is 1. The largest absolute Gasteiger partial charge is 0.486 e. The number of piperidine rings is 1. The van der Waals surface area contributed by atoms with E-state index < -0.39 is 0 Å². The van der Waals surface area contributed by atoms with E-state index in [1.165, 1.54) is 0 Å². The molecule has 3 aromatic rings. The zero-order valence-corrected chi connectivity index (χ0v) is 17.2. The van der Waals surface area contributed by atoms with Gasteiger partial charge < -0.3 is 14.2 Å². The number of rotatable bonds is 7. The van der Waals surface area contributed by atoms with Gasteiger partial charge in [0.25, 0.3) is 0 Å². The van der Waals surface area contributed by atoms with Crippen LogP contribution in [0.15, 0.2) is 54.6 Å². The minimum atomic E-state index is 0.170. The zero-order valence-electron chi connectivity index (χ0n) is 16.5. The SMILES string of the molecule is O=C(CCCl)N1CCC(Cn2c(COc3ccccc3)nc3ccccc32)CC1. The van der Waals surface area contributed by atoms with Crippen LogP contribution in [0.5, 0.6) is 5.75 Å². The molecule has 152 valence electrons. The Labute approximate surface area is 176 Å². The summed E-state index contributed by atoms with van der Waals surface area (Å²) >= 11 is 5.72. The van der Waals surface area contributed by atoms with E-state index in [-0.39, 0.29) is 5.91 Å². The van der Waals surface area contributed by atoms with Crippen molar-refractivity contribution in [2.75, 3.05) is 19.0 Å². The highest BCUT2D eigenvalue weighted by Crippen LogP contribution is 2.25. The number of halogens is 1. The lowest BCUT2D eigenvalue weighted by atomic mass is 9.96. The highest BCUT2D eigenvalue weighted by molar-refractivity contribution is 6.18. The lowest BCUT2D eigenvalue weighted by molar-refractivity contribution is -0.132. The Bertz CT molecular complexity index is 949. The molecule has 6 heteroatoms. The maximum atomic E-state index is 12.1. The van der Waals surface area contributed by atoms with E-state index in [2.05, 4.69) is 16.7 Å². The third-order valence-corrected chi connectivity index (χ3v) is 5.75. The molecule has 0 bridgehead atoms. The fourth-order valence-electron chi connectivity index (χ4n) is 3.97. The molecule has 29 heavy (non-hydrogen) atoms. The summed E-state index contributed by atoms with van der Waals surface area (Å²) < 4.78 is 8.27. The second-order valence-electron chi connectivity index (χ2n) is 7.49. The van der Waals surface area contributed by atoms with Crippen molar-refractivity contribution in [3.8, 4) is 5.75 Å². The van der Waals surface area contributed by atoms with Gasteiger partial charge in [-0.05, 0) is 43.0 Å². The van der Waals surface area contributed by atoms with E-state index in [9.17, 15) is 4.79 Å². The molecule has 1 aliphatic rings. The van der Waals surface area contributed by atoms with Crippen molar-refractivity contribution in [3.05, 3.63) is 60.4 Å². The van der Waals surface area contributed by atoms with E-state index >= 15 is 0 Å². The van der Waals surface area contributed by atoms with Crippen molar-refractivity contribution in [3.63, 3.8) is 0 Å². The van der Waals surface area contributed by atoms with Crippen molar-refractivity contribution in [1.82, 2.24) is 14.5 Å². The molecule has 4 rings (SSSR count). The standard InChI is InChI=1S/C23H26ClN3O2/c24-13-10-23(28)26-14-11-18(12-15-26)16-27-21-9-5-4-8-20(21)25-22(27)17-29-19-6-2-1-3-7-19/h1-9,18H,10-17H2. The predicted octanol–water partition coefficient (Wildman–Crippen LogP) is 4.48. The number of aromatic nitrogens is 2. The van der Waals surface area contributed by atoms with Gasteiger partial charge in [0, 0.05) is 31.9 Å². The van der Waals surface area contributed by atoms with Gasteiger partial charge in [0.15, 0.2) is 0 Å². The molecule has 0 atom stereocenters. The van der Waals surface area contributed by atoms with E-state index in [1.54, 1.807) is 0 Å². The molecule has 1 aliphatic heterocycles. The summed E-state index contributed by atoms with van der Waals surface area (Å²) in [6.45, 7) is 2.95. The number of fused-ring (bicyclic) bond motifs is 1. The Morgan fingerprint density at radius 2 is 1.79 bits per heavy atom. The molecule has 2 aromatic carbocycles. The molecule has 0 saturated carbocycles. The van der Waals surface area contributed by atoms with E-state index in [0.29, 0.717) is 24.8 Å². The number of carbonyl (C=O) groups excluding carboxylic acids is 1. The molecule has 1 amide bonds. The Morgan fingerprint density at radius 1 is 1.07 bits per heavy atom. The van der Waals surface area contributed by atoms with Crippen LogP contribution in [0.3, 0.4) is 0 Å². The van der Waals surface area contributed by atoms with Crippen LogP contribution in [0.4, 0.5) is 0 Å². The maximum Gasteiger partial charge on any atom is 0.223 e. The van der Waals surface area contributed by atoms with Crippen LogP contribution in [0.2, 0.25) is 0 Å². The average Bonchev–Trinajstić information content (AvgIpc) is 3.11. The lowest BCUT2D eigenvalue weighted by Gasteiger charge is -2.32. The normalized spacial score (nSPS) is 15.0. The Kier molecular flexibility index (Phi) is 6.35. The molecule has 5 nitrogen and oxygen atoms in total. The van der Waals surface area contributed by atoms with Gasteiger partial charge in [-0.15, -0.1) is 11.6 Å². The Hall–Kier alpha value is -2.53. The van der Waals surface area contributed by atoms with Gasteiger partial charge in [-0.3, -0.25) is 4.79 Å². The van der Waals surface area contributed by atoms with Gasteiger partial charge in [-0.2, -0.15) is 0 Å². The molecular formula is C23H26ClN3O2. The van der Waals surface area contributed by atoms with Crippen molar-refractivity contribution in [2.45, 2.75) is 32.4 Å². The van der Waals surface area contributed by atoms with Crippen LogP contribution in [-0.4, -0.2) is 39.3 Å². The lowest BCUT2D eigenvalue weighted by Crippen LogP contribution is -2.39. The Morgan fingerprint density at radius 3 is 2.55 bits per heavy atom. The van der Waals surface area contributed by atoms with Crippen molar-refractivity contribution >= 4 is 28.5 Å². The number of hydrogen-bond donors (Lipinski definition) is 0. The molecule has 0 unspecified atom stereocenters. The summed E-state index contributed by atoms with van der Waals surface area (Å²) in [6, 6.07) is 18.1. The minimum absolute atomic E-state index is 0.170. The molecule has 2 heterocycles. The van der Waals surface area contributed by atoms with E-state index in [0.717, 1.165) is 55.1 Å². The average molecular weight is 412 g/mol. The number of amides is 1. The number of carbonyl (C=O) groups is 1. The second-order valence-corrected chi connectivity index (χ2v) is 7.87. The van der Waals surface area contributed by atoms with Gasteiger partial charge in [-0.25, -0.2) is 4.98 Å². The fraction of sp³-hybridized carbons (Fsp3) is 0.391. The number of ether oxygens (including phenoxy) is 1. The summed E-state index contributed by atoms with van der Waals surface area (Å²) in [5, 5.41) is 0. The number of nitrogens with zero attached hydrogens (tertiary/aromatic N) is 3. The predicted molar refractivity (Wildman–Crippen MR) is 115 cm³/mol. The number of benzene rings is 2. The monoisotopic (exact) mass is 411 g/mol. The first-order valence-corrected chi connectivity index (χ1v) is 10.7. The number of para-hydroxylation sites is 3. The van der Waals surface area contributed by atoms with E-state index in [1.807, 2.05) is 47.4 Å². The summed E-state index contributed by atoms with van der Waals surface area (Å²) in [4.78, 5) is 18.8. The summed E-state index contributed by atoms with van der Waals surface area (Å²) in [6.07, 6.45) is 2.43. The number of likely N-dealkylation sites (tertiary alicyclic amines) is 1. The third kappa shape index (κ3) is 4.73. The summed E-state index contributed by atoms with van der Waals surface area (Å²) in [7, 11) is 0. The summed E-state index contributed by atoms with van der Waals surface area (Å²) in [5.74, 6) is 2.87. The van der Waals surface area contributed by atoms with Crippen molar-refractivity contribution < 1.29 is 9.53 Å². The van der Waals surface area contributed by atoms with Crippen LogP contribution in [0.25, 0.3) is 11.0 Å². The van der Waals surface area contributed by atoms with Gasteiger partial charge in [0.05, 0.1) is 11.0 Å². The third-order valence-electron chi connectivity index (χ3n) is 5.56. The van der Waals surface area contributed by atoms with Gasteiger partial charge in [0.2, 0.25) is 5.91 Å². The van der Waals surface area contributed by atoms with Crippen molar-refractivity contribution in [1.29, 1.82) is 0 Å². The van der Waals surface area contributed by atoms with Crippen LogP contribution in [0, 0.1) is 5.92 Å². The zero-order chi connectivity index (χ0) is 20.1. The molecule has 0 N–H and O–H groups in total. The molecular weight excluding hydrogens is 386 g/mol. The minimum Gasteiger partial charge on any atom is -0.486 e. The van der Waals surface area contributed by atoms with Crippen molar-refractivity contribution in [2.24, 2.45) is 5.92 Å². The maximum absolute atomic E-state index is 12.1. The fourth-order valence-corrected chi connectivity index (χ4v) is 4.13. The van der Waals surface area contributed by atoms with E-state index in [4.69, 9.17) is 21.3 Å². The first-order chi connectivity index (χ1) is 14.2. The molecule has 0 aliphatic carbocycles. The van der Waals surface area contributed by atoms with Crippen LogP contribution in [-0.2, 0) is 17.9 Å². The summed E-state index contributed by atoms with van der Waals surface area (Å²) in [5.41, 5.74) is 2.13. The van der Waals surface area contributed by atoms with Gasteiger partial charge >= 0.3 is 0 Å². The molecule has 1 aromatic heterocycles.